The molecule has 8 heteroatoms. The normalized spacial score (nSPS) is 11.2. The van der Waals surface area contributed by atoms with E-state index in [0.717, 1.165) is 11.0 Å². The van der Waals surface area contributed by atoms with E-state index in [-0.39, 0.29) is 18.0 Å². The monoisotopic (exact) mass is 364 g/mol. The number of aromatic nitrogens is 2. The summed E-state index contributed by atoms with van der Waals surface area (Å²) in [6, 6.07) is 12.5. The summed E-state index contributed by atoms with van der Waals surface area (Å²) in [5.41, 5.74) is 2.34. The van der Waals surface area contributed by atoms with Gasteiger partial charge in [-0.25, -0.2) is 4.98 Å². The van der Waals surface area contributed by atoms with Crippen LogP contribution in [-0.4, -0.2) is 28.7 Å². The fraction of sp³-hybridized carbons (Fsp3) is 0.158. The lowest BCUT2D eigenvalue weighted by Gasteiger charge is -2.09. The van der Waals surface area contributed by atoms with E-state index in [4.69, 9.17) is 9.47 Å². The number of hydrogen-bond acceptors (Lipinski definition) is 6. The largest absolute Gasteiger partial charge is 0.496 e. The van der Waals surface area contributed by atoms with Crippen LogP contribution in [0.2, 0.25) is 0 Å². The van der Waals surface area contributed by atoms with Crippen LogP contribution >= 0.6 is 0 Å². The van der Waals surface area contributed by atoms with Gasteiger partial charge >= 0.3 is 5.69 Å². The zero-order valence-corrected chi connectivity index (χ0v) is 14.7. The fourth-order valence-corrected chi connectivity index (χ4v) is 2.78. The molecule has 0 saturated carbocycles. The highest BCUT2D eigenvalue weighted by molar-refractivity contribution is 5.75. The maximum atomic E-state index is 11.3. The summed E-state index contributed by atoms with van der Waals surface area (Å²) in [6.07, 6.45) is 3.23. The standard InChI is InChI=1S/C19H16N4O4/c1-26-18-9-19(27-2)17(23(24)25)8-14(18)7-13(10-20)11-22-12-21-15-5-3-4-6-16(15)22/h3-9,12H,11H2,1-2H3/b13-7-. The van der Waals surface area contributed by atoms with Crippen LogP contribution in [-0.2, 0) is 6.54 Å². The molecule has 0 fully saturated rings. The SMILES string of the molecule is COc1cc(OC)c([N+](=O)[O-])cc1/C=C(/C#N)Cn1cnc2ccccc21. The lowest BCUT2D eigenvalue weighted by molar-refractivity contribution is -0.385. The van der Waals surface area contributed by atoms with Crippen LogP contribution in [0.1, 0.15) is 5.56 Å². The van der Waals surface area contributed by atoms with E-state index >= 15 is 0 Å². The number of nitrogens with zero attached hydrogens (tertiary/aromatic N) is 4. The summed E-state index contributed by atoms with van der Waals surface area (Å²) >= 11 is 0. The van der Waals surface area contributed by atoms with Crippen LogP contribution < -0.4 is 9.47 Å². The van der Waals surface area contributed by atoms with E-state index in [1.165, 1.54) is 26.4 Å². The third-order valence-electron chi connectivity index (χ3n) is 4.07. The number of allylic oxidation sites excluding steroid dienone is 1. The van der Waals surface area contributed by atoms with Gasteiger partial charge in [-0.2, -0.15) is 5.26 Å². The van der Waals surface area contributed by atoms with Crippen molar-refractivity contribution in [1.29, 1.82) is 5.26 Å². The van der Waals surface area contributed by atoms with E-state index in [0.29, 0.717) is 16.9 Å². The number of ether oxygens (including phenoxy) is 2. The van der Waals surface area contributed by atoms with Crippen LogP contribution in [0.25, 0.3) is 17.1 Å². The van der Waals surface area contributed by atoms with Gasteiger partial charge in [0.05, 0.1) is 54.7 Å². The number of nitriles is 1. The molecule has 0 aliphatic rings. The number of nitro benzene ring substituents is 1. The summed E-state index contributed by atoms with van der Waals surface area (Å²) in [5, 5.41) is 20.8. The number of rotatable bonds is 6. The zero-order chi connectivity index (χ0) is 19.4. The molecule has 0 bridgehead atoms. The summed E-state index contributed by atoms with van der Waals surface area (Å²) < 4.78 is 12.2. The van der Waals surface area contributed by atoms with Crippen LogP contribution in [0.3, 0.4) is 0 Å². The quantitative estimate of drug-likeness (QED) is 0.376. The van der Waals surface area contributed by atoms with Gasteiger partial charge in [-0.3, -0.25) is 10.1 Å². The van der Waals surface area contributed by atoms with Crippen molar-refractivity contribution in [3.05, 3.63) is 64.0 Å². The molecule has 0 spiro atoms. The first-order valence-electron chi connectivity index (χ1n) is 7.98. The third kappa shape index (κ3) is 3.57. The van der Waals surface area contributed by atoms with Crippen molar-refractivity contribution in [3.8, 4) is 17.6 Å². The number of nitro groups is 1. The number of hydrogen-bond donors (Lipinski definition) is 0. The molecule has 1 heterocycles. The predicted octanol–water partition coefficient (Wildman–Crippen LogP) is 3.57. The van der Waals surface area contributed by atoms with E-state index in [1.54, 1.807) is 12.4 Å². The Hall–Kier alpha value is -3.86. The van der Waals surface area contributed by atoms with Gasteiger partial charge in [0.2, 0.25) is 5.75 Å². The molecule has 27 heavy (non-hydrogen) atoms. The zero-order valence-electron chi connectivity index (χ0n) is 14.7. The van der Waals surface area contributed by atoms with E-state index in [9.17, 15) is 15.4 Å². The smallest absolute Gasteiger partial charge is 0.311 e. The number of benzene rings is 2. The molecule has 0 N–H and O–H groups in total. The lowest BCUT2D eigenvalue weighted by Crippen LogP contribution is -2.00. The highest BCUT2D eigenvalue weighted by Gasteiger charge is 2.19. The molecular formula is C19H16N4O4. The average Bonchev–Trinajstić information content (AvgIpc) is 3.09. The molecule has 136 valence electrons. The second kappa shape index (κ2) is 7.58. The van der Waals surface area contributed by atoms with Crippen LogP contribution in [0.5, 0.6) is 11.5 Å². The minimum atomic E-state index is -0.537. The Kier molecular flexibility index (Phi) is 5.04. The summed E-state index contributed by atoms with van der Waals surface area (Å²) in [7, 11) is 2.80. The Morgan fingerprint density at radius 1 is 1.30 bits per heavy atom. The first-order chi connectivity index (χ1) is 13.1. The maximum absolute atomic E-state index is 11.3. The van der Waals surface area contributed by atoms with Crippen LogP contribution in [0.15, 0.2) is 48.3 Å². The Bertz CT molecular complexity index is 1080. The van der Waals surface area contributed by atoms with E-state index in [1.807, 2.05) is 28.8 Å². The van der Waals surface area contributed by atoms with Crippen LogP contribution in [0, 0.1) is 21.4 Å². The molecular weight excluding hydrogens is 348 g/mol. The van der Waals surface area contributed by atoms with Crippen molar-refractivity contribution in [3.63, 3.8) is 0 Å². The highest BCUT2D eigenvalue weighted by atomic mass is 16.6. The molecule has 8 nitrogen and oxygen atoms in total. The van der Waals surface area contributed by atoms with Gasteiger partial charge in [-0.05, 0) is 18.2 Å². The van der Waals surface area contributed by atoms with Crippen molar-refractivity contribution in [2.75, 3.05) is 14.2 Å². The Morgan fingerprint density at radius 3 is 2.70 bits per heavy atom. The average molecular weight is 364 g/mol. The third-order valence-corrected chi connectivity index (χ3v) is 4.07. The lowest BCUT2D eigenvalue weighted by atomic mass is 10.1. The molecule has 0 unspecified atom stereocenters. The van der Waals surface area contributed by atoms with E-state index < -0.39 is 4.92 Å². The fourth-order valence-electron chi connectivity index (χ4n) is 2.78. The number of fused-ring (bicyclic) bond motifs is 1. The second-order valence-electron chi connectivity index (χ2n) is 5.67. The topological polar surface area (TPSA) is 103 Å². The first kappa shape index (κ1) is 17.9. The van der Waals surface area contributed by atoms with Gasteiger partial charge in [0.1, 0.15) is 5.75 Å². The van der Waals surface area contributed by atoms with E-state index in [2.05, 4.69) is 11.1 Å². The number of imidazole rings is 1. The highest BCUT2D eigenvalue weighted by Crippen LogP contribution is 2.35. The van der Waals surface area contributed by atoms with Gasteiger partial charge in [0.25, 0.3) is 0 Å². The molecule has 2 aromatic carbocycles. The van der Waals surface area contributed by atoms with Gasteiger partial charge in [0.15, 0.2) is 0 Å². The molecule has 3 aromatic rings. The first-order valence-corrected chi connectivity index (χ1v) is 7.98. The number of methoxy groups -OCH3 is 2. The van der Waals surface area contributed by atoms with Gasteiger partial charge in [0, 0.05) is 17.7 Å². The molecule has 1 aromatic heterocycles. The van der Waals surface area contributed by atoms with Crippen molar-refractivity contribution < 1.29 is 14.4 Å². The number of para-hydroxylation sites is 2. The van der Waals surface area contributed by atoms with Crippen molar-refractivity contribution in [2.45, 2.75) is 6.54 Å². The Balaban J connectivity index is 2.04. The van der Waals surface area contributed by atoms with Gasteiger partial charge in [-0.15, -0.1) is 0 Å². The predicted molar refractivity (Wildman–Crippen MR) is 99.5 cm³/mol. The van der Waals surface area contributed by atoms with Gasteiger partial charge < -0.3 is 14.0 Å². The molecule has 3 rings (SSSR count). The van der Waals surface area contributed by atoms with Crippen molar-refractivity contribution in [1.82, 2.24) is 9.55 Å². The summed E-state index contributed by atoms with van der Waals surface area (Å²) in [4.78, 5) is 15.0. The minimum absolute atomic E-state index is 0.0908. The molecule has 0 aliphatic carbocycles. The van der Waals surface area contributed by atoms with Crippen molar-refractivity contribution >= 4 is 22.8 Å². The summed E-state index contributed by atoms with van der Waals surface area (Å²) in [6.45, 7) is 0.278. The Labute approximate surface area is 155 Å². The molecule has 0 aliphatic heterocycles. The molecule has 0 saturated heterocycles. The molecule has 0 atom stereocenters. The minimum Gasteiger partial charge on any atom is -0.496 e. The van der Waals surface area contributed by atoms with Gasteiger partial charge in [-0.1, -0.05) is 12.1 Å². The molecule has 0 amide bonds. The molecule has 0 radical (unpaired) electrons. The second-order valence-corrected chi connectivity index (χ2v) is 5.67. The summed E-state index contributed by atoms with van der Waals surface area (Å²) in [5.74, 6) is 0.466. The van der Waals surface area contributed by atoms with Crippen LogP contribution in [0.4, 0.5) is 5.69 Å². The maximum Gasteiger partial charge on any atom is 0.311 e. The van der Waals surface area contributed by atoms with Crippen molar-refractivity contribution in [2.24, 2.45) is 0 Å². The Morgan fingerprint density at radius 2 is 2.04 bits per heavy atom.